The zero-order valence-corrected chi connectivity index (χ0v) is 22.9. The first-order valence-electron chi connectivity index (χ1n) is 12.7. The molecule has 4 aromatic rings. The molecule has 0 spiro atoms. The van der Waals surface area contributed by atoms with Crippen molar-refractivity contribution in [1.82, 2.24) is 25.1 Å². The van der Waals surface area contributed by atoms with Gasteiger partial charge in [-0.3, -0.25) is 14.4 Å². The van der Waals surface area contributed by atoms with Crippen molar-refractivity contribution in [3.63, 3.8) is 0 Å². The lowest BCUT2D eigenvalue weighted by atomic mass is 9.92. The first-order valence-corrected chi connectivity index (χ1v) is 14.6. The van der Waals surface area contributed by atoms with Crippen molar-refractivity contribution in [2.45, 2.75) is 24.9 Å². The summed E-state index contributed by atoms with van der Waals surface area (Å²) in [6.45, 7) is -0.346. The molecule has 3 amide bonds. The van der Waals surface area contributed by atoms with Crippen molar-refractivity contribution < 1.29 is 22.8 Å². The summed E-state index contributed by atoms with van der Waals surface area (Å²) in [5.41, 5.74) is 2.54. The number of fused-ring (bicyclic) bond motifs is 1. The van der Waals surface area contributed by atoms with E-state index < -0.39 is 27.4 Å². The zero-order chi connectivity index (χ0) is 29.2. The molecule has 5 rings (SSSR count). The normalized spacial score (nSPS) is 13.7. The van der Waals surface area contributed by atoms with Gasteiger partial charge in [0.05, 0.1) is 30.3 Å². The van der Waals surface area contributed by atoms with Crippen molar-refractivity contribution in [3.05, 3.63) is 89.7 Å². The monoisotopic (exact) mass is 570 g/mol. The molecule has 41 heavy (non-hydrogen) atoms. The SMILES string of the molecule is CS(=O)(=O)n1cc(-c2cc(C3(NC(=O)c4ccccc4CNC(=O)C(=O)NCC#N)CC3)c3ccccc3c2)cn1. The summed E-state index contributed by atoms with van der Waals surface area (Å²) < 4.78 is 24.9. The van der Waals surface area contributed by atoms with E-state index >= 15 is 0 Å². The average Bonchev–Trinajstić information content (AvgIpc) is 3.55. The smallest absolute Gasteiger partial charge is 0.310 e. The highest BCUT2D eigenvalue weighted by molar-refractivity contribution is 7.89. The maximum Gasteiger partial charge on any atom is 0.310 e. The van der Waals surface area contributed by atoms with Crippen molar-refractivity contribution in [3.8, 4) is 17.2 Å². The minimum atomic E-state index is -3.54. The van der Waals surface area contributed by atoms with Gasteiger partial charge < -0.3 is 16.0 Å². The van der Waals surface area contributed by atoms with Crippen LogP contribution in [-0.4, -0.2) is 48.1 Å². The number of hydrogen-bond donors (Lipinski definition) is 3. The molecule has 11 nitrogen and oxygen atoms in total. The molecular weight excluding hydrogens is 544 g/mol. The number of nitrogens with one attached hydrogen (secondary N) is 3. The number of amides is 3. The van der Waals surface area contributed by atoms with E-state index in [4.69, 9.17) is 5.26 Å². The average molecular weight is 571 g/mol. The van der Waals surface area contributed by atoms with Gasteiger partial charge in [-0.05, 0) is 58.5 Å². The summed E-state index contributed by atoms with van der Waals surface area (Å²) in [4.78, 5) is 37.5. The van der Waals surface area contributed by atoms with Crippen LogP contribution in [0.25, 0.3) is 21.9 Å². The minimum Gasteiger partial charge on any atom is -0.344 e. The number of hydrogen-bond acceptors (Lipinski definition) is 7. The van der Waals surface area contributed by atoms with Crippen molar-refractivity contribution in [2.75, 3.05) is 12.8 Å². The molecule has 0 saturated heterocycles. The number of benzene rings is 3. The van der Waals surface area contributed by atoms with Gasteiger partial charge in [0.1, 0.15) is 6.54 Å². The number of aromatic nitrogens is 2. The highest BCUT2D eigenvalue weighted by Gasteiger charge is 2.47. The molecule has 0 radical (unpaired) electrons. The lowest BCUT2D eigenvalue weighted by Gasteiger charge is -2.22. The third-order valence-corrected chi connectivity index (χ3v) is 7.83. The van der Waals surface area contributed by atoms with E-state index in [1.807, 2.05) is 36.4 Å². The molecular formula is C29H26N6O5S. The molecule has 3 N–H and O–H groups in total. The van der Waals surface area contributed by atoms with E-state index in [1.165, 1.54) is 12.4 Å². The van der Waals surface area contributed by atoms with Crippen LogP contribution in [-0.2, 0) is 31.7 Å². The predicted octanol–water partition coefficient (Wildman–Crippen LogP) is 2.19. The number of nitriles is 1. The largest absolute Gasteiger partial charge is 0.344 e. The molecule has 1 fully saturated rings. The Morgan fingerprint density at radius 2 is 1.71 bits per heavy atom. The molecule has 0 unspecified atom stereocenters. The first-order chi connectivity index (χ1) is 19.6. The molecule has 1 aliphatic carbocycles. The standard InChI is InChI=1S/C29H26N6O5S/c1-41(39,40)35-18-22(17-33-35)21-14-19-6-2-4-8-23(19)25(15-21)29(10-11-29)34-26(36)24-9-5-3-7-20(24)16-32-28(38)27(37)31-13-12-30/h2-9,14-15,17-18H,10-11,13,16H2,1H3,(H,31,37)(H,32,38)(H,34,36). The Hall–Kier alpha value is -5.02. The third kappa shape index (κ3) is 5.80. The van der Waals surface area contributed by atoms with Gasteiger partial charge in [0.2, 0.25) is 0 Å². The van der Waals surface area contributed by atoms with Crippen LogP contribution in [0.2, 0.25) is 0 Å². The molecule has 1 saturated carbocycles. The van der Waals surface area contributed by atoms with Gasteiger partial charge in [0.15, 0.2) is 0 Å². The Morgan fingerprint density at radius 1 is 1.00 bits per heavy atom. The highest BCUT2D eigenvalue weighted by Crippen LogP contribution is 2.49. The van der Waals surface area contributed by atoms with Gasteiger partial charge in [-0.1, -0.05) is 42.5 Å². The van der Waals surface area contributed by atoms with Gasteiger partial charge in [-0.15, -0.1) is 0 Å². The second-order valence-corrected chi connectivity index (χ2v) is 11.7. The van der Waals surface area contributed by atoms with Crippen LogP contribution < -0.4 is 16.0 Å². The number of nitrogens with zero attached hydrogens (tertiary/aromatic N) is 3. The Labute approximate surface area is 236 Å². The quantitative estimate of drug-likeness (QED) is 0.216. The summed E-state index contributed by atoms with van der Waals surface area (Å²) in [5, 5.41) is 22.3. The molecule has 1 aromatic heterocycles. The fourth-order valence-corrected chi connectivity index (χ4v) is 5.26. The van der Waals surface area contributed by atoms with Crippen molar-refractivity contribution >= 4 is 38.5 Å². The molecule has 1 heterocycles. The van der Waals surface area contributed by atoms with E-state index in [9.17, 15) is 22.8 Å². The Kier molecular flexibility index (Phi) is 7.30. The summed E-state index contributed by atoms with van der Waals surface area (Å²) in [5.74, 6) is -2.17. The van der Waals surface area contributed by atoms with Crippen LogP contribution in [0, 0.1) is 11.3 Å². The molecule has 12 heteroatoms. The fourth-order valence-electron chi connectivity index (χ4n) is 4.73. The van der Waals surface area contributed by atoms with Crippen LogP contribution >= 0.6 is 0 Å². The van der Waals surface area contributed by atoms with E-state index in [0.29, 0.717) is 29.5 Å². The summed E-state index contributed by atoms with van der Waals surface area (Å²) >= 11 is 0. The van der Waals surface area contributed by atoms with E-state index in [2.05, 4.69) is 21.0 Å². The fraction of sp³-hybridized carbons (Fsp3) is 0.207. The summed E-state index contributed by atoms with van der Waals surface area (Å²) in [6.07, 6.45) is 5.45. The van der Waals surface area contributed by atoms with Gasteiger partial charge >= 0.3 is 11.8 Å². The lowest BCUT2D eigenvalue weighted by molar-refractivity contribution is -0.139. The molecule has 0 aliphatic heterocycles. The molecule has 1 aliphatic rings. The predicted molar refractivity (Wildman–Crippen MR) is 151 cm³/mol. The summed E-state index contributed by atoms with van der Waals surface area (Å²) in [6, 6.07) is 20.2. The maximum absolute atomic E-state index is 13.6. The van der Waals surface area contributed by atoms with Crippen LogP contribution in [0.15, 0.2) is 73.1 Å². The van der Waals surface area contributed by atoms with Crippen LogP contribution in [0.1, 0.15) is 34.3 Å². The Balaban J connectivity index is 1.43. The maximum atomic E-state index is 13.6. The van der Waals surface area contributed by atoms with E-state index in [0.717, 1.165) is 32.2 Å². The molecule has 0 bridgehead atoms. The summed E-state index contributed by atoms with van der Waals surface area (Å²) in [7, 11) is -3.54. The topological polar surface area (TPSA) is 163 Å². The minimum absolute atomic E-state index is 0.0574. The van der Waals surface area contributed by atoms with E-state index in [-0.39, 0.29) is 19.0 Å². The zero-order valence-electron chi connectivity index (χ0n) is 22.0. The van der Waals surface area contributed by atoms with Gasteiger partial charge in [-0.2, -0.15) is 14.4 Å². The van der Waals surface area contributed by atoms with Gasteiger partial charge in [-0.25, -0.2) is 8.42 Å². The van der Waals surface area contributed by atoms with Crippen molar-refractivity contribution in [1.29, 1.82) is 5.26 Å². The Morgan fingerprint density at radius 3 is 2.41 bits per heavy atom. The third-order valence-electron chi connectivity index (χ3n) is 6.95. The number of rotatable bonds is 8. The molecule has 3 aromatic carbocycles. The second-order valence-electron chi connectivity index (χ2n) is 9.83. The molecule has 0 atom stereocenters. The lowest BCUT2D eigenvalue weighted by Crippen LogP contribution is -2.40. The van der Waals surface area contributed by atoms with E-state index in [1.54, 1.807) is 30.3 Å². The van der Waals surface area contributed by atoms with Crippen LogP contribution in [0.4, 0.5) is 0 Å². The highest BCUT2D eigenvalue weighted by atomic mass is 32.2. The first kappa shape index (κ1) is 27.5. The van der Waals surface area contributed by atoms with Gasteiger partial charge in [0, 0.05) is 17.7 Å². The Bertz CT molecular complexity index is 1840. The molecule has 208 valence electrons. The van der Waals surface area contributed by atoms with Crippen LogP contribution in [0.5, 0.6) is 0 Å². The number of carbonyl (C=O) groups excluding carboxylic acids is 3. The van der Waals surface area contributed by atoms with Crippen molar-refractivity contribution in [2.24, 2.45) is 0 Å². The second kappa shape index (κ2) is 10.9. The van der Waals surface area contributed by atoms with Gasteiger partial charge in [0.25, 0.3) is 15.9 Å². The van der Waals surface area contributed by atoms with Crippen LogP contribution in [0.3, 0.4) is 0 Å². The number of carbonyl (C=O) groups is 3.